The Kier molecular flexibility index (Phi) is 4.83. The van der Waals surface area contributed by atoms with Crippen molar-refractivity contribution < 1.29 is 14.6 Å². The number of rotatable bonds is 5. The van der Waals surface area contributed by atoms with Crippen LogP contribution in [0.15, 0.2) is 24.3 Å². The van der Waals surface area contributed by atoms with E-state index in [-0.39, 0.29) is 12.7 Å². The summed E-state index contributed by atoms with van der Waals surface area (Å²) in [5, 5.41) is 9.21. The molecule has 0 amide bonds. The second-order valence-corrected chi connectivity index (χ2v) is 5.18. The number of fused-ring (bicyclic) bond motifs is 1. The minimum Gasteiger partial charge on any atom is -0.462 e. The molecule has 19 heavy (non-hydrogen) atoms. The lowest BCUT2D eigenvalue weighted by Crippen LogP contribution is -2.41. The van der Waals surface area contributed by atoms with Gasteiger partial charge in [0.15, 0.2) is 0 Å². The molecule has 0 aliphatic carbocycles. The molecule has 0 bridgehead atoms. The van der Waals surface area contributed by atoms with Crippen molar-refractivity contribution in [2.75, 3.05) is 6.61 Å². The molecule has 0 fully saturated rings. The van der Waals surface area contributed by atoms with Gasteiger partial charge in [0.1, 0.15) is 5.75 Å². The Hall–Kier alpha value is -1.06. The van der Waals surface area contributed by atoms with Crippen molar-refractivity contribution in [1.82, 2.24) is 0 Å². The normalized spacial score (nSPS) is 26.4. The van der Waals surface area contributed by atoms with E-state index in [9.17, 15) is 5.11 Å². The minimum absolute atomic E-state index is 0.0279. The summed E-state index contributed by atoms with van der Waals surface area (Å²) in [5.41, 5.74) is 1.17. The zero-order valence-corrected chi connectivity index (χ0v) is 11.9. The summed E-state index contributed by atoms with van der Waals surface area (Å²) in [5.74, 6) is 0.388. The SMILES string of the molecule is CCCC1(CC)Oc2ccccc2CC(CCO)O1. The van der Waals surface area contributed by atoms with E-state index >= 15 is 0 Å². The van der Waals surface area contributed by atoms with Gasteiger partial charge in [-0.1, -0.05) is 32.0 Å². The highest BCUT2D eigenvalue weighted by atomic mass is 16.7. The first-order valence-electron chi connectivity index (χ1n) is 7.28. The summed E-state index contributed by atoms with van der Waals surface area (Å²) < 4.78 is 12.4. The van der Waals surface area contributed by atoms with E-state index in [4.69, 9.17) is 9.47 Å². The fourth-order valence-electron chi connectivity index (χ4n) is 2.72. The first kappa shape index (κ1) is 14.4. The number of ether oxygens (including phenoxy) is 2. The Balaban J connectivity index is 2.32. The summed E-state index contributed by atoms with van der Waals surface area (Å²) in [6.45, 7) is 4.39. The molecule has 0 saturated heterocycles. The number of aliphatic hydroxyl groups is 1. The molecule has 106 valence electrons. The number of hydrogen-bond acceptors (Lipinski definition) is 3. The van der Waals surface area contributed by atoms with E-state index in [0.29, 0.717) is 6.42 Å². The molecule has 3 nitrogen and oxygen atoms in total. The largest absolute Gasteiger partial charge is 0.462 e. The van der Waals surface area contributed by atoms with Gasteiger partial charge in [-0.05, 0) is 24.5 Å². The smallest absolute Gasteiger partial charge is 0.210 e. The molecule has 2 unspecified atom stereocenters. The van der Waals surface area contributed by atoms with Crippen molar-refractivity contribution >= 4 is 0 Å². The highest BCUT2D eigenvalue weighted by Crippen LogP contribution is 2.36. The molecule has 1 aliphatic rings. The second-order valence-electron chi connectivity index (χ2n) is 5.18. The van der Waals surface area contributed by atoms with E-state index in [1.165, 1.54) is 5.56 Å². The number of para-hydroxylation sites is 1. The zero-order valence-electron chi connectivity index (χ0n) is 11.9. The van der Waals surface area contributed by atoms with Gasteiger partial charge in [0.05, 0.1) is 6.10 Å². The molecule has 1 N–H and O–H groups in total. The molecule has 3 heteroatoms. The highest BCUT2D eigenvalue weighted by molar-refractivity contribution is 5.35. The van der Waals surface area contributed by atoms with Crippen LogP contribution in [0.4, 0.5) is 0 Å². The van der Waals surface area contributed by atoms with E-state index in [2.05, 4.69) is 19.9 Å². The van der Waals surface area contributed by atoms with Gasteiger partial charge in [-0.25, -0.2) is 0 Å². The topological polar surface area (TPSA) is 38.7 Å². The fourth-order valence-corrected chi connectivity index (χ4v) is 2.72. The molecule has 0 spiro atoms. The average Bonchev–Trinajstić information content (AvgIpc) is 2.56. The molecule has 1 aromatic rings. The summed E-state index contributed by atoms with van der Waals surface area (Å²) in [7, 11) is 0. The van der Waals surface area contributed by atoms with Gasteiger partial charge >= 0.3 is 0 Å². The maximum Gasteiger partial charge on any atom is 0.210 e. The van der Waals surface area contributed by atoms with Gasteiger partial charge in [-0.15, -0.1) is 0 Å². The van der Waals surface area contributed by atoms with Gasteiger partial charge in [0.2, 0.25) is 5.79 Å². The third-order valence-electron chi connectivity index (χ3n) is 3.72. The Morgan fingerprint density at radius 1 is 1.32 bits per heavy atom. The Morgan fingerprint density at radius 3 is 2.79 bits per heavy atom. The number of benzene rings is 1. The maximum absolute atomic E-state index is 9.21. The summed E-state index contributed by atoms with van der Waals surface area (Å²) in [6, 6.07) is 8.12. The fraction of sp³-hybridized carbons (Fsp3) is 0.625. The first-order valence-corrected chi connectivity index (χ1v) is 7.28. The van der Waals surface area contributed by atoms with Crippen LogP contribution in [0, 0.1) is 0 Å². The van der Waals surface area contributed by atoms with E-state index in [1.54, 1.807) is 0 Å². The van der Waals surface area contributed by atoms with Crippen LogP contribution in [-0.2, 0) is 11.2 Å². The van der Waals surface area contributed by atoms with Crippen molar-refractivity contribution in [2.45, 2.75) is 57.8 Å². The Morgan fingerprint density at radius 2 is 2.11 bits per heavy atom. The molecule has 0 radical (unpaired) electrons. The summed E-state index contributed by atoms with van der Waals surface area (Å²) in [4.78, 5) is 0. The highest BCUT2D eigenvalue weighted by Gasteiger charge is 2.36. The van der Waals surface area contributed by atoms with E-state index in [1.807, 2.05) is 18.2 Å². The Labute approximate surface area is 115 Å². The van der Waals surface area contributed by atoms with Crippen LogP contribution >= 0.6 is 0 Å². The maximum atomic E-state index is 9.21. The quantitative estimate of drug-likeness (QED) is 0.887. The lowest BCUT2D eigenvalue weighted by atomic mass is 10.0. The van der Waals surface area contributed by atoms with Crippen molar-refractivity contribution in [3.63, 3.8) is 0 Å². The summed E-state index contributed by atoms with van der Waals surface area (Å²) >= 11 is 0. The van der Waals surface area contributed by atoms with Gasteiger partial charge in [0.25, 0.3) is 0 Å². The van der Waals surface area contributed by atoms with Gasteiger partial charge in [-0.2, -0.15) is 0 Å². The van der Waals surface area contributed by atoms with Crippen LogP contribution in [0.5, 0.6) is 5.75 Å². The van der Waals surface area contributed by atoms with Gasteiger partial charge < -0.3 is 14.6 Å². The molecular formula is C16H24O3. The monoisotopic (exact) mass is 264 g/mol. The molecule has 2 atom stereocenters. The predicted octanol–water partition coefficient (Wildman–Crippen LogP) is 3.30. The van der Waals surface area contributed by atoms with Crippen LogP contribution in [0.1, 0.15) is 45.1 Å². The number of hydrogen-bond donors (Lipinski definition) is 1. The van der Waals surface area contributed by atoms with Crippen molar-refractivity contribution in [3.05, 3.63) is 29.8 Å². The molecule has 0 saturated carbocycles. The standard InChI is InChI=1S/C16H24O3/c1-3-10-16(4-2)18-14(9-11-17)12-13-7-5-6-8-15(13)19-16/h5-8,14,17H,3-4,9-12H2,1-2H3. The number of aliphatic hydroxyl groups excluding tert-OH is 1. The minimum atomic E-state index is -0.540. The lowest BCUT2D eigenvalue weighted by Gasteiger charge is -2.34. The lowest BCUT2D eigenvalue weighted by molar-refractivity contribution is -0.213. The molecule has 1 heterocycles. The van der Waals surface area contributed by atoms with Gasteiger partial charge in [0, 0.05) is 25.9 Å². The van der Waals surface area contributed by atoms with E-state index < -0.39 is 5.79 Å². The first-order chi connectivity index (χ1) is 9.23. The molecule has 1 aromatic carbocycles. The van der Waals surface area contributed by atoms with Crippen LogP contribution in [0.3, 0.4) is 0 Å². The second kappa shape index (κ2) is 6.40. The molecule has 1 aliphatic heterocycles. The third-order valence-corrected chi connectivity index (χ3v) is 3.72. The Bertz CT molecular complexity index is 405. The van der Waals surface area contributed by atoms with E-state index in [0.717, 1.165) is 31.4 Å². The predicted molar refractivity (Wildman–Crippen MR) is 75.3 cm³/mol. The van der Waals surface area contributed by atoms with Crippen LogP contribution in [0.2, 0.25) is 0 Å². The molecular weight excluding hydrogens is 240 g/mol. The molecule has 0 aromatic heterocycles. The van der Waals surface area contributed by atoms with Crippen molar-refractivity contribution in [3.8, 4) is 5.75 Å². The van der Waals surface area contributed by atoms with Crippen molar-refractivity contribution in [2.24, 2.45) is 0 Å². The molecule has 2 rings (SSSR count). The van der Waals surface area contributed by atoms with Crippen LogP contribution < -0.4 is 4.74 Å². The van der Waals surface area contributed by atoms with Crippen LogP contribution in [-0.4, -0.2) is 23.6 Å². The zero-order chi connectivity index (χ0) is 13.7. The average molecular weight is 264 g/mol. The van der Waals surface area contributed by atoms with Crippen LogP contribution in [0.25, 0.3) is 0 Å². The summed E-state index contributed by atoms with van der Waals surface area (Å²) in [6.07, 6.45) is 4.20. The van der Waals surface area contributed by atoms with Crippen molar-refractivity contribution in [1.29, 1.82) is 0 Å². The van der Waals surface area contributed by atoms with Gasteiger partial charge in [-0.3, -0.25) is 0 Å². The third kappa shape index (κ3) is 3.28.